The van der Waals surface area contributed by atoms with Gasteiger partial charge in [-0.3, -0.25) is 9.48 Å². The summed E-state index contributed by atoms with van der Waals surface area (Å²) in [4.78, 5) is 10.7. The van der Waals surface area contributed by atoms with E-state index in [0.29, 0.717) is 11.6 Å². The van der Waals surface area contributed by atoms with Crippen LogP contribution in [0.2, 0.25) is 5.02 Å². The summed E-state index contributed by atoms with van der Waals surface area (Å²) < 4.78 is 1.64. The number of fused-ring (bicyclic) bond motifs is 1. The van der Waals surface area contributed by atoms with E-state index in [1.54, 1.807) is 23.9 Å². The summed E-state index contributed by atoms with van der Waals surface area (Å²) in [6.07, 6.45) is 1.81. The minimum atomic E-state index is -0.822. The first-order valence-electron chi connectivity index (χ1n) is 4.92. The molecule has 4 nitrogen and oxygen atoms in total. The van der Waals surface area contributed by atoms with Gasteiger partial charge in [-0.05, 0) is 18.2 Å². The Balaban J connectivity index is 2.29. The highest BCUT2D eigenvalue weighted by molar-refractivity contribution is 6.31. The highest BCUT2D eigenvalue weighted by Crippen LogP contribution is 2.18. The Hall–Kier alpha value is -1.55. The standard InChI is InChI=1S/C11H11ClN2O2/c1-7(11(15)16)5-14-6-8-4-9(12)2-3-10(8)13-14/h2-4,6-7H,5H2,1H3,(H,15,16). The first-order valence-corrected chi connectivity index (χ1v) is 5.29. The SMILES string of the molecule is CC(Cn1cc2cc(Cl)ccc2n1)C(=O)O. The molecule has 5 heteroatoms. The van der Waals surface area contributed by atoms with Crippen LogP contribution in [-0.4, -0.2) is 20.9 Å². The molecule has 0 bridgehead atoms. The van der Waals surface area contributed by atoms with Crippen LogP contribution >= 0.6 is 11.6 Å². The van der Waals surface area contributed by atoms with Crippen molar-refractivity contribution in [2.45, 2.75) is 13.5 Å². The molecule has 16 heavy (non-hydrogen) atoms. The Kier molecular flexibility index (Phi) is 2.83. The summed E-state index contributed by atoms with van der Waals surface area (Å²) in [5, 5.41) is 14.6. The van der Waals surface area contributed by atoms with Crippen LogP contribution in [0.4, 0.5) is 0 Å². The number of halogens is 1. The van der Waals surface area contributed by atoms with E-state index in [4.69, 9.17) is 16.7 Å². The molecule has 1 heterocycles. The van der Waals surface area contributed by atoms with Crippen molar-refractivity contribution >= 4 is 28.5 Å². The molecule has 2 rings (SSSR count). The minimum Gasteiger partial charge on any atom is -0.481 e. The number of hydrogen-bond donors (Lipinski definition) is 1. The van der Waals surface area contributed by atoms with Gasteiger partial charge in [0.1, 0.15) is 0 Å². The quantitative estimate of drug-likeness (QED) is 0.894. The first kappa shape index (κ1) is 11.0. The monoisotopic (exact) mass is 238 g/mol. The summed E-state index contributed by atoms with van der Waals surface area (Å²) in [7, 11) is 0. The van der Waals surface area contributed by atoms with E-state index >= 15 is 0 Å². The molecule has 0 aliphatic heterocycles. The number of aromatic nitrogens is 2. The largest absolute Gasteiger partial charge is 0.481 e. The second-order valence-electron chi connectivity index (χ2n) is 3.79. The third-order valence-corrected chi connectivity index (χ3v) is 2.63. The van der Waals surface area contributed by atoms with Crippen molar-refractivity contribution in [2.24, 2.45) is 5.92 Å². The molecule has 1 unspecified atom stereocenters. The van der Waals surface area contributed by atoms with Crippen molar-refractivity contribution < 1.29 is 9.90 Å². The second kappa shape index (κ2) is 4.14. The highest BCUT2D eigenvalue weighted by Gasteiger charge is 2.12. The lowest BCUT2D eigenvalue weighted by molar-refractivity contribution is -0.141. The van der Waals surface area contributed by atoms with Gasteiger partial charge >= 0.3 is 5.97 Å². The van der Waals surface area contributed by atoms with E-state index < -0.39 is 11.9 Å². The smallest absolute Gasteiger partial charge is 0.308 e. The average Bonchev–Trinajstić information content (AvgIpc) is 2.58. The number of hydrogen-bond acceptors (Lipinski definition) is 2. The van der Waals surface area contributed by atoms with Crippen LogP contribution < -0.4 is 0 Å². The number of nitrogens with zero attached hydrogens (tertiary/aromatic N) is 2. The molecule has 1 aromatic carbocycles. The molecule has 0 aliphatic carbocycles. The lowest BCUT2D eigenvalue weighted by Crippen LogP contribution is -2.16. The zero-order valence-electron chi connectivity index (χ0n) is 8.72. The summed E-state index contributed by atoms with van der Waals surface area (Å²) in [6.45, 7) is 2.02. The number of carboxylic acid groups (broad SMARTS) is 1. The number of rotatable bonds is 3. The second-order valence-corrected chi connectivity index (χ2v) is 4.23. The average molecular weight is 239 g/mol. The summed E-state index contributed by atoms with van der Waals surface area (Å²) >= 11 is 5.85. The fourth-order valence-corrected chi connectivity index (χ4v) is 1.68. The first-order chi connectivity index (χ1) is 7.56. The molecule has 0 fully saturated rings. The molecule has 0 saturated heterocycles. The normalized spacial score (nSPS) is 12.9. The maximum atomic E-state index is 10.7. The Morgan fingerprint density at radius 2 is 2.38 bits per heavy atom. The molecule has 0 aliphatic rings. The molecule has 1 atom stereocenters. The molecule has 1 aromatic heterocycles. The van der Waals surface area contributed by atoms with Gasteiger partial charge in [0.2, 0.25) is 0 Å². The van der Waals surface area contributed by atoms with Gasteiger partial charge in [-0.1, -0.05) is 18.5 Å². The molecule has 0 amide bonds. The summed E-state index contributed by atoms with van der Waals surface area (Å²) in [5.41, 5.74) is 0.821. The summed E-state index contributed by atoms with van der Waals surface area (Å²) in [5.74, 6) is -1.28. The lowest BCUT2D eigenvalue weighted by atomic mass is 10.2. The van der Waals surface area contributed by atoms with E-state index in [-0.39, 0.29) is 0 Å². The number of carbonyl (C=O) groups is 1. The van der Waals surface area contributed by atoms with Gasteiger partial charge in [0, 0.05) is 16.6 Å². The van der Waals surface area contributed by atoms with E-state index in [1.165, 1.54) is 0 Å². The predicted molar refractivity (Wildman–Crippen MR) is 61.5 cm³/mol. The van der Waals surface area contributed by atoms with Gasteiger partial charge in [0.05, 0.1) is 18.0 Å². The third kappa shape index (κ3) is 2.17. The van der Waals surface area contributed by atoms with Crippen molar-refractivity contribution in [1.29, 1.82) is 0 Å². The lowest BCUT2D eigenvalue weighted by Gasteiger charge is -2.04. The van der Waals surface area contributed by atoms with E-state index in [9.17, 15) is 4.79 Å². The molecule has 2 aromatic rings. The van der Waals surface area contributed by atoms with Crippen molar-refractivity contribution in [3.05, 3.63) is 29.4 Å². The van der Waals surface area contributed by atoms with Crippen LogP contribution in [0.25, 0.3) is 10.9 Å². The number of benzene rings is 1. The minimum absolute atomic E-state index is 0.363. The maximum absolute atomic E-state index is 10.7. The van der Waals surface area contributed by atoms with Gasteiger partial charge in [0.25, 0.3) is 0 Å². The number of aliphatic carboxylic acids is 1. The van der Waals surface area contributed by atoms with Gasteiger partial charge in [-0.15, -0.1) is 0 Å². The van der Waals surface area contributed by atoms with Crippen LogP contribution in [0, 0.1) is 5.92 Å². The van der Waals surface area contributed by atoms with Crippen molar-refractivity contribution in [3.8, 4) is 0 Å². The molecule has 0 radical (unpaired) electrons. The van der Waals surface area contributed by atoms with E-state index in [1.807, 2.05) is 12.1 Å². The Labute approximate surface area is 97.4 Å². The molecule has 0 saturated carbocycles. The van der Waals surface area contributed by atoms with Crippen molar-refractivity contribution in [1.82, 2.24) is 9.78 Å². The Bertz CT molecular complexity index is 536. The predicted octanol–water partition coefficient (Wildman–Crippen LogP) is 2.41. The Morgan fingerprint density at radius 1 is 1.62 bits per heavy atom. The number of carboxylic acids is 1. The van der Waals surface area contributed by atoms with Crippen LogP contribution in [0.5, 0.6) is 0 Å². The van der Waals surface area contributed by atoms with Crippen molar-refractivity contribution in [2.75, 3.05) is 0 Å². The van der Waals surface area contributed by atoms with Crippen LogP contribution in [-0.2, 0) is 11.3 Å². The van der Waals surface area contributed by atoms with Crippen LogP contribution in [0.1, 0.15) is 6.92 Å². The van der Waals surface area contributed by atoms with Gasteiger partial charge in [-0.2, -0.15) is 5.10 Å². The molecule has 1 N–H and O–H groups in total. The maximum Gasteiger partial charge on any atom is 0.308 e. The Morgan fingerprint density at radius 3 is 3.06 bits per heavy atom. The zero-order valence-corrected chi connectivity index (χ0v) is 9.48. The van der Waals surface area contributed by atoms with Gasteiger partial charge in [0.15, 0.2) is 0 Å². The fourth-order valence-electron chi connectivity index (χ4n) is 1.50. The fraction of sp³-hybridized carbons (Fsp3) is 0.273. The summed E-state index contributed by atoms with van der Waals surface area (Å²) in [6, 6.07) is 5.40. The van der Waals surface area contributed by atoms with Crippen molar-refractivity contribution in [3.63, 3.8) is 0 Å². The van der Waals surface area contributed by atoms with Crippen LogP contribution in [0.3, 0.4) is 0 Å². The molecular weight excluding hydrogens is 228 g/mol. The topological polar surface area (TPSA) is 55.1 Å². The molecular formula is C11H11ClN2O2. The van der Waals surface area contributed by atoms with Gasteiger partial charge < -0.3 is 5.11 Å². The third-order valence-electron chi connectivity index (χ3n) is 2.40. The van der Waals surface area contributed by atoms with Gasteiger partial charge in [-0.25, -0.2) is 0 Å². The van der Waals surface area contributed by atoms with E-state index in [2.05, 4.69) is 5.10 Å². The highest BCUT2D eigenvalue weighted by atomic mass is 35.5. The molecule has 84 valence electrons. The van der Waals surface area contributed by atoms with E-state index in [0.717, 1.165) is 10.9 Å². The van der Waals surface area contributed by atoms with Crippen LogP contribution in [0.15, 0.2) is 24.4 Å². The molecule has 0 spiro atoms. The zero-order chi connectivity index (χ0) is 11.7.